The molecule has 0 aliphatic rings. The number of benzene rings is 1. The molecule has 136 valence electrons. The first kappa shape index (κ1) is 17.5. The average molecular weight is 364 g/mol. The molecule has 0 aliphatic heterocycles. The summed E-state index contributed by atoms with van der Waals surface area (Å²) >= 11 is 0. The fourth-order valence-electron chi connectivity index (χ4n) is 2.21. The molecule has 26 heavy (non-hydrogen) atoms. The van der Waals surface area contributed by atoms with Gasteiger partial charge in [-0.25, -0.2) is 4.99 Å². The molecule has 0 saturated heterocycles. The SMILES string of the molecule is NC(=NCc1ccc(OC(F)(F)F)cc1)NCc1nnc2ccccn12. The number of rotatable bonds is 5. The standard InChI is InChI=1S/C16H15F3N6O/c17-16(18,19)26-12-6-4-11(5-7-12)9-21-15(20)22-10-14-24-23-13-3-1-2-8-25(13)14/h1-8H,9-10H2,(H3,20,21,22). The lowest BCUT2D eigenvalue weighted by atomic mass is 10.2. The molecular formula is C16H15F3N6O. The number of alkyl halides is 3. The minimum absolute atomic E-state index is 0.188. The second-order valence-corrected chi connectivity index (χ2v) is 5.29. The van der Waals surface area contributed by atoms with Crippen LogP contribution < -0.4 is 15.8 Å². The zero-order chi connectivity index (χ0) is 18.6. The Labute approximate surface area is 146 Å². The van der Waals surface area contributed by atoms with Gasteiger partial charge in [-0.15, -0.1) is 23.4 Å². The van der Waals surface area contributed by atoms with Crippen molar-refractivity contribution in [3.05, 3.63) is 60.0 Å². The highest BCUT2D eigenvalue weighted by Gasteiger charge is 2.30. The molecule has 3 aromatic rings. The van der Waals surface area contributed by atoms with Gasteiger partial charge in [0.1, 0.15) is 5.75 Å². The van der Waals surface area contributed by atoms with Crippen LogP contribution in [0, 0.1) is 0 Å². The summed E-state index contributed by atoms with van der Waals surface area (Å²) in [5, 5.41) is 11.0. The number of pyridine rings is 1. The number of ether oxygens (including phenoxy) is 1. The van der Waals surface area contributed by atoms with Gasteiger partial charge in [0, 0.05) is 6.20 Å². The maximum Gasteiger partial charge on any atom is 0.573 e. The predicted octanol–water partition coefficient (Wildman–Crippen LogP) is 2.23. The van der Waals surface area contributed by atoms with Gasteiger partial charge in [-0.05, 0) is 29.8 Å². The van der Waals surface area contributed by atoms with Crippen LogP contribution in [0.5, 0.6) is 5.75 Å². The summed E-state index contributed by atoms with van der Waals surface area (Å²) in [5.41, 5.74) is 7.22. The van der Waals surface area contributed by atoms with E-state index in [1.165, 1.54) is 24.3 Å². The first-order valence-electron chi connectivity index (χ1n) is 7.58. The van der Waals surface area contributed by atoms with Crippen LogP contribution in [0.3, 0.4) is 0 Å². The van der Waals surface area contributed by atoms with Gasteiger partial charge in [0.15, 0.2) is 17.4 Å². The highest BCUT2D eigenvalue weighted by atomic mass is 19.4. The van der Waals surface area contributed by atoms with Crippen LogP contribution in [0.1, 0.15) is 11.4 Å². The van der Waals surface area contributed by atoms with Gasteiger partial charge in [-0.1, -0.05) is 18.2 Å². The molecule has 0 saturated carbocycles. The van der Waals surface area contributed by atoms with Crippen molar-refractivity contribution in [2.75, 3.05) is 0 Å². The average Bonchev–Trinajstić information content (AvgIpc) is 3.01. The highest BCUT2D eigenvalue weighted by Crippen LogP contribution is 2.22. The Morgan fingerprint density at radius 2 is 1.92 bits per heavy atom. The molecule has 3 N–H and O–H groups in total. The molecule has 0 aliphatic carbocycles. The lowest BCUT2D eigenvalue weighted by Crippen LogP contribution is -2.31. The Morgan fingerprint density at radius 1 is 1.15 bits per heavy atom. The fourth-order valence-corrected chi connectivity index (χ4v) is 2.21. The number of hydrogen-bond donors (Lipinski definition) is 2. The van der Waals surface area contributed by atoms with Crippen LogP contribution in [0.4, 0.5) is 13.2 Å². The molecule has 10 heteroatoms. The molecule has 0 atom stereocenters. The summed E-state index contributed by atoms with van der Waals surface area (Å²) in [4.78, 5) is 4.14. The Morgan fingerprint density at radius 3 is 2.65 bits per heavy atom. The van der Waals surface area contributed by atoms with E-state index in [-0.39, 0.29) is 18.3 Å². The molecular weight excluding hydrogens is 349 g/mol. The molecule has 3 rings (SSSR count). The first-order valence-corrected chi connectivity index (χ1v) is 7.58. The third-order valence-electron chi connectivity index (χ3n) is 3.40. The van der Waals surface area contributed by atoms with Crippen LogP contribution in [-0.4, -0.2) is 26.9 Å². The maximum absolute atomic E-state index is 12.1. The molecule has 0 radical (unpaired) electrons. The van der Waals surface area contributed by atoms with Crippen molar-refractivity contribution in [2.45, 2.75) is 19.5 Å². The topological polar surface area (TPSA) is 89.8 Å². The summed E-state index contributed by atoms with van der Waals surface area (Å²) in [6.45, 7) is 0.546. The Bertz CT molecular complexity index is 904. The lowest BCUT2D eigenvalue weighted by molar-refractivity contribution is -0.274. The molecule has 7 nitrogen and oxygen atoms in total. The van der Waals surface area contributed by atoms with E-state index < -0.39 is 6.36 Å². The molecule has 1 aromatic carbocycles. The second-order valence-electron chi connectivity index (χ2n) is 5.29. The summed E-state index contributed by atoms with van der Waals surface area (Å²) in [5.74, 6) is 0.579. The number of guanidine groups is 1. The summed E-state index contributed by atoms with van der Waals surface area (Å²) in [7, 11) is 0. The van der Waals surface area contributed by atoms with Crippen LogP contribution in [0.2, 0.25) is 0 Å². The number of fused-ring (bicyclic) bond motifs is 1. The molecule has 0 spiro atoms. The van der Waals surface area contributed by atoms with Gasteiger partial charge in [0.25, 0.3) is 0 Å². The van der Waals surface area contributed by atoms with Gasteiger partial charge < -0.3 is 15.8 Å². The first-order chi connectivity index (χ1) is 12.4. The molecule has 2 aromatic heterocycles. The van der Waals surface area contributed by atoms with Crippen molar-refractivity contribution < 1.29 is 17.9 Å². The fraction of sp³-hybridized carbons (Fsp3) is 0.188. The smallest absolute Gasteiger partial charge is 0.406 e. The number of aliphatic imine (C=N–C) groups is 1. The largest absolute Gasteiger partial charge is 0.573 e. The third kappa shape index (κ3) is 4.62. The van der Waals surface area contributed by atoms with E-state index in [4.69, 9.17) is 5.73 Å². The monoisotopic (exact) mass is 364 g/mol. The Hall–Kier alpha value is -3.30. The van der Waals surface area contributed by atoms with E-state index in [1.807, 2.05) is 28.8 Å². The van der Waals surface area contributed by atoms with Crippen molar-refractivity contribution in [3.63, 3.8) is 0 Å². The Kier molecular flexibility index (Phi) is 4.92. The van der Waals surface area contributed by atoms with Crippen molar-refractivity contribution >= 4 is 11.6 Å². The summed E-state index contributed by atoms with van der Waals surface area (Å²) < 4.78 is 42.0. The molecule has 2 heterocycles. The minimum Gasteiger partial charge on any atom is -0.406 e. The number of aromatic nitrogens is 3. The van der Waals surface area contributed by atoms with Crippen molar-refractivity contribution in [1.82, 2.24) is 19.9 Å². The molecule has 0 unspecified atom stereocenters. The zero-order valence-electron chi connectivity index (χ0n) is 13.4. The third-order valence-corrected chi connectivity index (χ3v) is 3.40. The van der Waals surface area contributed by atoms with Gasteiger partial charge in [0.2, 0.25) is 0 Å². The molecule has 0 amide bonds. The van der Waals surface area contributed by atoms with E-state index in [2.05, 4.69) is 25.2 Å². The molecule has 0 bridgehead atoms. The summed E-state index contributed by atoms with van der Waals surface area (Å²) in [6, 6.07) is 11.0. The van der Waals surface area contributed by atoms with Crippen LogP contribution >= 0.6 is 0 Å². The van der Waals surface area contributed by atoms with Gasteiger partial charge in [-0.3, -0.25) is 4.40 Å². The van der Waals surface area contributed by atoms with E-state index in [0.717, 1.165) is 5.65 Å². The second kappa shape index (κ2) is 7.30. The predicted molar refractivity (Wildman–Crippen MR) is 88.3 cm³/mol. The van der Waals surface area contributed by atoms with Gasteiger partial charge >= 0.3 is 6.36 Å². The van der Waals surface area contributed by atoms with Crippen LogP contribution in [-0.2, 0) is 13.1 Å². The number of nitrogens with one attached hydrogen (secondary N) is 1. The van der Waals surface area contributed by atoms with Crippen LogP contribution in [0.15, 0.2) is 53.7 Å². The summed E-state index contributed by atoms with van der Waals surface area (Å²) in [6.07, 6.45) is -2.87. The van der Waals surface area contributed by atoms with E-state index in [1.54, 1.807) is 0 Å². The number of halogens is 3. The number of nitrogens with two attached hydrogens (primary N) is 1. The Balaban J connectivity index is 1.55. The van der Waals surface area contributed by atoms with Crippen molar-refractivity contribution in [1.29, 1.82) is 0 Å². The zero-order valence-corrected chi connectivity index (χ0v) is 13.4. The highest BCUT2D eigenvalue weighted by molar-refractivity contribution is 5.77. The minimum atomic E-state index is -4.71. The molecule has 0 fully saturated rings. The van der Waals surface area contributed by atoms with Crippen molar-refractivity contribution in [3.8, 4) is 5.75 Å². The normalized spacial score (nSPS) is 12.3. The van der Waals surface area contributed by atoms with Gasteiger partial charge in [-0.2, -0.15) is 0 Å². The van der Waals surface area contributed by atoms with Crippen molar-refractivity contribution in [2.24, 2.45) is 10.7 Å². The van der Waals surface area contributed by atoms with E-state index in [9.17, 15) is 13.2 Å². The maximum atomic E-state index is 12.1. The van der Waals surface area contributed by atoms with E-state index in [0.29, 0.717) is 17.9 Å². The van der Waals surface area contributed by atoms with Gasteiger partial charge in [0.05, 0.1) is 13.1 Å². The quantitative estimate of drug-likeness (QED) is 0.535. The number of nitrogens with zero attached hydrogens (tertiary/aromatic N) is 4. The van der Waals surface area contributed by atoms with Crippen LogP contribution in [0.25, 0.3) is 5.65 Å². The van der Waals surface area contributed by atoms with E-state index >= 15 is 0 Å². The number of hydrogen-bond acceptors (Lipinski definition) is 4. The lowest BCUT2D eigenvalue weighted by Gasteiger charge is -2.09.